The molecule has 1 atom stereocenters. The zero-order valence-corrected chi connectivity index (χ0v) is 11.0. The van der Waals surface area contributed by atoms with Crippen molar-refractivity contribution >= 4 is 11.6 Å². The summed E-state index contributed by atoms with van der Waals surface area (Å²) >= 11 is 5.84. The van der Waals surface area contributed by atoms with Crippen molar-refractivity contribution in [1.82, 2.24) is 9.80 Å². The summed E-state index contributed by atoms with van der Waals surface area (Å²) in [7, 11) is 4.10. The van der Waals surface area contributed by atoms with Crippen LogP contribution in [-0.4, -0.2) is 55.5 Å². The van der Waals surface area contributed by atoms with E-state index < -0.39 is 5.38 Å². The molecule has 0 aliphatic carbocycles. The molecule has 3 nitrogen and oxygen atoms in total. The first-order chi connectivity index (χ1) is 6.95. The number of nitrogens with zero attached hydrogens (tertiary/aromatic N) is 3. The standard InChI is InChI=1S/C11H22ClN3/c1-10(2)8-15(6-5-14(3)4)9-11(12)7-13/h10-11H,5-6,8-9H2,1-4H3. The van der Waals surface area contributed by atoms with Gasteiger partial charge in [-0.2, -0.15) is 5.26 Å². The van der Waals surface area contributed by atoms with Crippen LogP contribution >= 0.6 is 11.6 Å². The Kier molecular flexibility index (Phi) is 7.76. The van der Waals surface area contributed by atoms with E-state index in [1.807, 2.05) is 0 Å². The Labute approximate surface area is 98.6 Å². The normalized spacial score (nSPS) is 13.5. The summed E-state index contributed by atoms with van der Waals surface area (Å²) in [6.45, 7) is 7.98. The Hall–Kier alpha value is -0.300. The lowest BCUT2D eigenvalue weighted by molar-refractivity contribution is 0.224. The molecule has 0 heterocycles. The fourth-order valence-corrected chi connectivity index (χ4v) is 1.58. The molecule has 0 aliphatic rings. The maximum atomic E-state index is 8.68. The van der Waals surface area contributed by atoms with Crippen molar-refractivity contribution in [3.8, 4) is 6.07 Å². The van der Waals surface area contributed by atoms with Gasteiger partial charge in [-0.25, -0.2) is 0 Å². The van der Waals surface area contributed by atoms with Crippen LogP contribution in [0.5, 0.6) is 0 Å². The topological polar surface area (TPSA) is 30.3 Å². The summed E-state index contributed by atoms with van der Waals surface area (Å²) in [5.74, 6) is 0.606. The molecule has 15 heavy (non-hydrogen) atoms. The quantitative estimate of drug-likeness (QED) is 0.624. The molecule has 0 spiro atoms. The first-order valence-electron chi connectivity index (χ1n) is 5.36. The van der Waals surface area contributed by atoms with Gasteiger partial charge < -0.3 is 4.90 Å². The predicted octanol–water partition coefficient (Wildman–Crippen LogP) is 1.64. The van der Waals surface area contributed by atoms with E-state index in [1.54, 1.807) is 0 Å². The predicted molar refractivity (Wildman–Crippen MR) is 65.1 cm³/mol. The minimum Gasteiger partial charge on any atom is -0.308 e. The highest BCUT2D eigenvalue weighted by molar-refractivity contribution is 6.22. The van der Waals surface area contributed by atoms with Crippen molar-refractivity contribution in [2.24, 2.45) is 5.92 Å². The zero-order chi connectivity index (χ0) is 11.8. The molecule has 0 aromatic rings. The van der Waals surface area contributed by atoms with Crippen molar-refractivity contribution in [1.29, 1.82) is 5.26 Å². The number of likely N-dealkylation sites (N-methyl/N-ethyl adjacent to an activating group) is 1. The molecular formula is C11H22ClN3. The highest BCUT2D eigenvalue weighted by atomic mass is 35.5. The third kappa shape index (κ3) is 8.68. The van der Waals surface area contributed by atoms with E-state index in [9.17, 15) is 0 Å². The van der Waals surface area contributed by atoms with Crippen molar-refractivity contribution in [2.45, 2.75) is 19.2 Å². The van der Waals surface area contributed by atoms with Gasteiger partial charge in [0, 0.05) is 26.2 Å². The second-order valence-electron chi connectivity index (χ2n) is 4.55. The summed E-state index contributed by atoms with van der Waals surface area (Å²) in [6, 6.07) is 2.07. The summed E-state index contributed by atoms with van der Waals surface area (Å²) < 4.78 is 0. The fraction of sp³-hybridized carbons (Fsp3) is 0.909. The van der Waals surface area contributed by atoms with Gasteiger partial charge in [-0.1, -0.05) is 13.8 Å². The highest BCUT2D eigenvalue weighted by Crippen LogP contribution is 2.03. The lowest BCUT2D eigenvalue weighted by Crippen LogP contribution is -2.37. The summed E-state index contributed by atoms with van der Waals surface area (Å²) in [6.07, 6.45) is 0. The first-order valence-corrected chi connectivity index (χ1v) is 5.80. The van der Waals surface area contributed by atoms with Gasteiger partial charge in [0.1, 0.15) is 5.38 Å². The van der Waals surface area contributed by atoms with Gasteiger partial charge in [0.05, 0.1) is 6.07 Å². The fourth-order valence-electron chi connectivity index (χ4n) is 1.38. The van der Waals surface area contributed by atoms with E-state index >= 15 is 0 Å². The van der Waals surface area contributed by atoms with Gasteiger partial charge in [0.25, 0.3) is 0 Å². The molecule has 0 fully saturated rings. The van der Waals surface area contributed by atoms with Crippen LogP contribution in [0.3, 0.4) is 0 Å². The second kappa shape index (κ2) is 7.92. The molecule has 0 saturated heterocycles. The molecule has 0 amide bonds. The van der Waals surface area contributed by atoms with Crippen molar-refractivity contribution in [3.05, 3.63) is 0 Å². The van der Waals surface area contributed by atoms with Crippen LogP contribution in [0.2, 0.25) is 0 Å². The van der Waals surface area contributed by atoms with Crippen LogP contribution in [-0.2, 0) is 0 Å². The average molecular weight is 232 g/mol. The number of alkyl halides is 1. The largest absolute Gasteiger partial charge is 0.308 e. The zero-order valence-electron chi connectivity index (χ0n) is 10.2. The Balaban J connectivity index is 4.01. The van der Waals surface area contributed by atoms with Gasteiger partial charge in [-0.3, -0.25) is 4.90 Å². The van der Waals surface area contributed by atoms with Crippen molar-refractivity contribution < 1.29 is 0 Å². The van der Waals surface area contributed by atoms with E-state index in [1.165, 1.54) is 0 Å². The monoisotopic (exact) mass is 231 g/mol. The van der Waals surface area contributed by atoms with Crippen LogP contribution in [0.1, 0.15) is 13.8 Å². The number of nitriles is 1. The van der Waals surface area contributed by atoms with E-state index in [0.717, 1.165) is 19.6 Å². The van der Waals surface area contributed by atoms with Gasteiger partial charge in [-0.05, 0) is 20.0 Å². The molecule has 1 unspecified atom stereocenters. The highest BCUT2D eigenvalue weighted by Gasteiger charge is 2.12. The maximum Gasteiger partial charge on any atom is 0.133 e. The first kappa shape index (κ1) is 14.7. The third-order valence-corrected chi connectivity index (χ3v) is 2.28. The summed E-state index contributed by atoms with van der Waals surface area (Å²) in [4.78, 5) is 4.40. The number of rotatable bonds is 7. The maximum absolute atomic E-state index is 8.68. The number of halogens is 1. The number of hydrogen-bond acceptors (Lipinski definition) is 3. The molecule has 0 bridgehead atoms. The molecule has 4 heteroatoms. The molecule has 0 aromatic carbocycles. The van der Waals surface area contributed by atoms with E-state index in [0.29, 0.717) is 12.5 Å². The lowest BCUT2D eigenvalue weighted by Gasteiger charge is -2.25. The Bertz CT molecular complexity index is 198. The molecule has 0 rings (SSSR count). The Morgan fingerprint density at radius 2 is 1.80 bits per heavy atom. The minimum atomic E-state index is -0.397. The average Bonchev–Trinajstić information content (AvgIpc) is 2.13. The van der Waals surface area contributed by atoms with E-state index in [-0.39, 0.29) is 0 Å². The molecule has 0 saturated carbocycles. The van der Waals surface area contributed by atoms with Crippen LogP contribution < -0.4 is 0 Å². The van der Waals surface area contributed by atoms with Crippen LogP contribution in [0, 0.1) is 17.2 Å². The van der Waals surface area contributed by atoms with Gasteiger partial charge in [0.2, 0.25) is 0 Å². The van der Waals surface area contributed by atoms with Crippen molar-refractivity contribution in [3.63, 3.8) is 0 Å². The van der Waals surface area contributed by atoms with Crippen LogP contribution in [0.25, 0.3) is 0 Å². The third-order valence-electron chi connectivity index (χ3n) is 2.05. The van der Waals surface area contributed by atoms with Gasteiger partial charge >= 0.3 is 0 Å². The molecular weight excluding hydrogens is 210 g/mol. The van der Waals surface area contributed by atoms with Crippen LogP contribution in [0.4, 0.5) is 0 Å². The molecule has 0 N–H and O–H groups in total. The van der Waals surface area contributed by atoms with Gasteiger partial charge in [0.15, 0.2) is 0 Å². The minimum absolute atomic E-state index is 0.397. The summed E-state index contributed by atoms with van der Waals surface area (Å²) in [5.41, 5.74) is 0. The summed E-state index contributed by atoms with van der Waals surface area (Å²) in [5, 5.41) is 8.28. The molecule has 0 radical (unpaired) electrons. The van der Waals surface area contributed by atoms with E-state index in [4.69, 9.17) is 16.9 Å². The SMILES string of the molecule is CC(C)CN(CCN(C)C)CC(Cl)C#N. The Morgan fingerprint density at radius 1 is 1.20 bits per heavy atom. The smallest absolute Gasteiger partial charge is 0.133 e. The van der Waals surface area contributed by atoms with Crippen molar-refractivity contribution in [2.75, 3.05) is 40.3 Å². The molecule has 0 aliphatic heterocycles. The lowest BCUT2D eigenvalue weighted by atomic mass is 10.2. The van der Waals surface area contributed by atoms with Gasteiger partial charge in [-0.15, -0.1) is 11.6 Å². The van der Waals surface area contributed by atoms with Crippen LogP contribution in [0.15, 0.2) is 0 Å². The number of hydrogen-bond donors (Lipinski definition) is 0. The molecule has 88 valence electrons. The Morgan fingerprint density at radius 3 is 2.20 bits per heavy atom. The molecule has 0 aromatic heterocycles. The van der Waals surface area contributed by atoms with E-state index in [2.05, 4.69) is 43.8 Å². The second-order valence-corrected chi connectivity index (χ2v) is 5.08.